The van der Waals surface area contributed by atoms with Crippen LogP contribution in [0.4, 0.5) is 9.59 Å². The molecule has 1 aromatic carbocycles. The average Bonchev–Trinajstić information content (AvgIpc) is 3.29. The Hall–Kier alpha value is -2.28. The second kappa shape index (κ2) is 11.2. The summed E-state index contributed by atoms with van der Waals surface area (Å²) in [7, 11) is 0. The van der Waals surface area contributed by atoms with Crippen LogP contribution in [-0.2, 0) is 16.1 Å². The zero-order valence-electron chi connectivity index (χ0n) is 21.8. The van der Waals surface area contributed by atoms with Crippen molar-refractivity contribution in [3.8, 4) is 0 Å². The van der Waals surface area contributed by atoms with E-state index in [0.29, 0.717) is 17.9 Å². The average molecular weight is 486 g/mol. The second-order valence-corrected chi connectivity index (χ2v) is 11.9. The van der Waals surface area contributed by atoms with Crippen molar-refractivity contribution in [2.45, 2.75) is 84.0 Å². The summed E-state index contributed by atoms with van der Waals surface area (Å²) in [6.45, 7) is 11.0. The number of benzene rings is 1. The summed E-state index contributed by atoms with van der Waals surface area (Å²) in [5, 5.41) is 3.08. The van der Waals surface area contributed by atoms with Gasteiger partial charge in [-0.25, -0.2) is 9.59 Å². The standard InChI is InChI=1S/C28H43N3O4/c1-27(2,3)35-26(33)31-16-11-23(20-31)19-30-17-14-28(15-18-30)12-9-24(10-13-28)29-25(32)34-21-22-7-5-4-6-8-22/h4-8,23-24H,9-21H2,1-3H3,(H,29,32)/t23-/m0/s1. The minimum absolute atomic E-state index is 0.174. The number of ether oxygens (including phenoxy) is 2. The molecule has 0 radical (unpaired) electrons. The van der Waals surface area contributed by atoms with Gasteiger partial charge in [-0.3, -0.25) is 0 Å². The zero-order chi connectivity index (χ0) is 24.9. The van der Waals surface area contributed by atoms with Crippen LogP contribution < -0.4 is 5.32 Å². The summed E-state index contributed by atoms with van der Waals surface area (Å²) in [6.07, 6.45) is 7.49. The molecule has 0 unspecified atom stereocenters. The first-order valence-corrected chi connectivity index (χ1v) is 13.4. The summed E-state index contributed by atoms with van der Waals surface area (Å²) < 4.78 is 10.9. The van der Waals surface area contributed by atoms with Crippen molar-refractivity contribution in [2.24, 2.45) is 11.3 Å². The highest BCUT2D eigenvalue weighted by Crippen LogP contribution is 2.44. The second-order valence-electron chi connectivity index (χ2n) is 11.9. The van der Waals surface area contributed by atoms with Crippen molar-refractivity contribution in [1.82, 2.24) is 15.1 Å². The maximum atomic E-state index is 12.4. The molecule has 4 rings (SSSR count). The number of rotatable bonds is 5. The maximum absolute atomic E-state index is 12.4. The van der Waals surface area contributed by atoms with Crippen molar-refractivity contribution in [2.75, 3.05) is 32.7 Å². The Balaban J connectivity index is 1.13. The zero-order valence-corrected chi connectivity index (χ0v) is 21.8. The van der Waals surface area contributed by atoms with Crippen LogP contribution in [-0.4, -0.2) is 66.4 Å². The highest BCUT2D eigenvalue weighted by Gasteiger charge is 2.39. The Morgan fingerprint density at radius 1 is 1.00 bits per heavy atom. The van der Waals surface area contributed by atoms with Crippen LogP contribution in [0.2, 0.25) is 0 Å². The number of amides is 2. The lowest BCUT2D eigenvalue weighted by molar-refractivity contribution is 0.0274. The third-order valence-corrected chi connectivity index (χ3v) is 7.95. The van der Waals surface area contributed by atoms with Gasteiger partial charge < -0.3 is 24.6 Å². The fourth-order valence-electron chi connectivity index (χ4n) is 5.86. The van der Waals surface area contributed by atoms with Crippen molar-refractivity contribution < 1.29 is 19.1 Å². The molecule has 2 aliphatic heterocycles. The van der Waals surface area contributed by atoms with Gasteiger partial charge in [-0.05, 0) is 95.7 Å². The lowest BCUT2D eigenvalue weighted by Crippen LogP contribution is -2.46. The van der Waals surface area contributed by atoms with E-state index in [4.69, 9.17) is 9.47 Å². The lowest BCUT2D eigenvalue weighted by atomic mass is 9.67. The van der Waals surface area contributed by atoms with Gasteiger partial charge in [-0.15, -0.1) is 0 Å². The van der Waals surface area contributed by atoms with E-state index in [1.807, 2.05) is 56.0 Å². The van der Waals surface area contributed by atoms with E-state index in [9.17, 15) is 9.59 Å². The molecule has 3 fully saturated rings. The summed E-state index contributed by atoms with van der Waals surface area (Å²) >= 11 is 0. The van der Waals surface area contributed by atoms with Crippen molar-refractivity contribution >= 4 is 12.2 Å². The number of nitrogens with one attached hydrogen (secondary N) is 1. The minimum Gasteiger partial charge on any atom is -0.445 e. The number of nitrogens with zero attached hydrogens (tertiary/aromatic N) is 2. The fraction of sp³-hybridized carbons (Fsp3) is 0.714. The number of carbonyl (C=O) groups excluding carboxylic acids is 2. The van der Waals surface area contributed by atoms with Crippen LogP contribution in [0, 0.1) is 11.3 Å². The maximum Gasteiger partial charge on any atom is 0.410 e. The number of carbonyl (C=O) groups is 2. The molecule has 194 valence electrons. The molecule has 2 heterocycles. The SMILES string of the molecule is CC(C)(C)OC(=O)N1CC[C@@H](CN2CCC3(CCC(NC(=O)OCc4ccccc4)CC3)CC2)C1. The van der Waals surface area contributed by atoms with E-state index < -0.39 is 5.60 Å². The Morgan fingerprint density at radius 3 is 2.34 bits per heavy atom. The van der Waals surface area contributed by atoms with E-state index in [1.165, 1.54) is 25.7 Å². The van der Waals surface area contributed by atoms with Crippen molar-refractivity contribution in [3.63, 3.8) is 0 Å². The van der Waals surface area contributed by atoms with Crippen LogP contribution >= 0.6 is 0 Å². The fourth-order valence-corrected chi connectivity index (χ4v) is 5.86. The highest BCUT2D eigenvalue weighted by atomic mass is 16.6. The Bertz CT molecular complexity index is 836. The molecule has 1 spiro atoms. The monoisotopic (exact) mass is 485 g/mol. The Morgan fingerprint density at radius 2 is 1.69 bits per heavy atom. The number of alkyl carbamates (subject to hydrolysis) is 1. The molecule has 2 amide bonds. The summed E-state index contributed by atoms with van der Waals surface area (Å²) in [6, 6.07) is 10.0. The van der Waals surface area contributed by atoms with E-state index in [2.05, 4.69) is 10.2 Å². The first-order chi connectivity index (χ1) is 16.7. The van der Waals surface area contributed by atoms with Gasteiger partial charge in [0.2, 0.25) is 0 Å². The molecule has 3 aliphatic rings. The van der Waals surface area contributed by atoms with Gasteiger partial charge in [0.1, 0.15) is 12.2 Å². The predicted octanol–water partition coefficient (Wildman–Crippen LogP) is 5.19. The molecular weight excluding hydrogens is 442 g/mol. The van der Waals surface area contributed by atoms with Crippen LogP contribution in [0.3, 0.4) is 0 Å². The minimum atomic E-state index is -0.437. The first kappa shape index (κ1) is 25.8. The van der Waals surface area contributed by atoms with Gasteiger partial charge >= 0.3 is 12.2 Å². The molecular formula is C28H43N3O4. The van der Waals surface area contributed by atoms with E-state index in [-0.39, 0.29) is 18.2 Å². The quantitative estimate of drug-likeness (QED) is 0.621. The van der Waals surface area contributed by atoms with Crippen LogP contribution in [0.25, 0.3) is 0 Å². The molecule has 1 aliphatic carbocycles. The van der Waals surface area contributed by atoms with Gasteiger partial charge in [-0.1, -0.05) is 30.3 Å². The molecule has 1 saturated carbocycles. The molecule has 7 heteroatoms. The summed E-state index contributed by atoms with van der Waals surface area (Å²) in [4.78, 5) is 29.0. The summed E-state index contributed by atoms with van der Waals surface area (Å²) in [5.74, 6) is 0.540. The van der Waals surface area contributed by atoms with Crippen LogP contribution in [0.1, 0.15) is 71.3 Å². The third-order valence-electron chi connectivity index (χ3n) is 7.95. The molecule has 0 aromatic heterocycles. The van der Waals surface area contributed by atoms with Gasteiger partial charge in [0.15, 0.2) is 0 Å². The molecule has 1 aromatic rings. The van der Waals surface area contributed by atoms with Crippen LogP contribution in [0.15, 0.2) is 30.3 Å². The molecule has 1 N–H and O–H groups in total. The number of piperidine rings is 1. The smallest absolute Gasteiger partial charge is 0.410 e. The van der Waals surface area contributed by atoms with E-state index >= 15 is 0 Å². The van der Waals surface area contributed by atoms with E-state index in [0.717, 1.165) is 57.5 Å². The Labute approximate surface area is 210 Å². The molecule has 7 nitrogen and oxygen atoms in total. The van der Waals surface area contributed by atoms with Crippen LogP contribution in [0.5, 0.6) is 0 Å². The topological polar surface area (TPSA) is 71.1 Å². The third kappa shape index (κ3) is 7.60. The first-order valence-electron chi connectivity index (χ1n) is 13.4. The largest absolute Gasteiger partial charge is 0.445 e. The lowest BCUT2D eigenvalue weighted by Gasteiger charge is -2.46. The molecule has 35 heavy (non-hydrogen) atoms. The predicted molar refractivity (Wildman–Crippen MR) is 136 cm³/mol. The number of likely N-dealkylation sites (tertiary alicyclic amines) is 2. The van der Waals surface area contributed by atoms with Gasteiger partial charge in [0, 0.05) is 25.7 Å². The van der Waals surface area contributed by atoms with E-state index in [1.54, 1.807) is 0 Å². The molecule has 2 saturated heterocycles. The van der Waals surface area contributed by atoms with Gasteiger partial charge in [0.25, 0.3) is 0 Å². The van der Waals surface area contributed by atoms with Gasteiger partial charge in [0.05, 0.1) is 0 Å². The normalized spacial score (nSPS) is 23.3. The van der Waals surface area contributed by atoms with Gasteiger partial charge in [-0.2, -0.15) is 0 Å². The summed E-state index contributed by atoms with van der Waals surface area (Å²) in [5.41, 5.74) is 1.00. The number of hydrogen-bond acceptors (Lipinski definition) is 5. The highest BCUT2D eigenvalue weighted by molar-refractivity contribution is 5.68. The Kier molecular flexibility index (Phi) is 8.25. The van der Waals surface area contributed by atoms with Crippen molar-refractivity contribution in [3.05, 3.63) is 35.9 Å². The van der Waals surface area contributed by atoms with Crippen molar-refractivity contribution in [1.29, 1.82) is 0 Å². The molecule has 0 bridgehead atoms. The molecule has 1 atom stereocenters. The number of hydrogen-bond donors (Lipinski definition) is 1.